The van der Waals surface area contributed by atoms with Crippen LogP contribution in [-0.2, 0) is 30.1 Å². The molecule has 1 unspecified atom stereocenters. The molecule has 2 heterocycles. The van der Waals surface area contributed by atoms with Crippen LogP contribution in [0.5, 0.6) is 0 Å². The van der Waals surface area contributed by atoms with Gasteiger partial charge in [0.15, 0.2) is 5.71 Å². The zero-order chi connectivity index (χ0) is 40.0. The third-order valence-corrected chi connectivity index (χ3v) is 13.4. The Hall–Kier alpha value is -6.25. The van der Waals surface area contributed by atoms with Crippen LogP contribution in [0.1, 0.15) is 51.4 Å². The van der Waals surface area contributed by atoms with Gasteiger partial charge in [-0.05, 0) is 126 Å². The fourth-order valence-electron chi connectivity index (χ4n) is 10.3. The van der Waals surface area contributed by atoms with Crippen molar-refractivity contribution in [1.82, 2.24) is 0 Å². The van der Waals surface area contributed by atoms with E-state index in [1.807, 2.05) is 0 Å². The van der Waals surface area contributed by atoms with Crippen molar-refractivity contribution in [1.29, 1.82) is 0 Å². The molecule has 0 aliphatic carbocycles. The summed E-state index contributed by atoms with van der Waals surface area (Å²) in [5.74, 6) is 0. The predicted octanol–water partition coefficient (Wildman–Crippen LogP) is 13.0. The molecule has 9 rings (SSSR count). The monoisotopic (exact) mass is 753 g/mol. The van der Waals surface area contributed by atoms with Crippen molar-refractivity contribution in [2.45, 2.75) is 57.8 Å². The molecule has 7 aromatic rings. The van der Waals surface area contributed by atoms with E-state index < -0.39 is 0 Å². The van der Waals surface area contributed by atoms with Crippen LogP contribution in [-0.4, -0.2) is 24.4 Å². The number of allylic oxidation sites excluding steroid dienone is 6. The number of fused-ring (bicyclic) bond motifs is 6. The standard InChI is InChI=1S/C56H53N2/c1-39-20-10-13-25-44(39)36-55(4)51(57(5)49-34-32-42-23-16-18-28-47(42)53(49)55)30-8-7-9-31-52-56(37-45-26-14-11-21-40(45)2,38-46-27-15-12-22-41(46)3)54-48-29-19-17-24-43(48)33-35-50(54)58(52)6/h7-35H,36-38H2,1-6H3/q+1. The second-order valence-corrected chi connectivity index (χ2v) is 16.9. The number of hydrogen-bond acceptors (Lipinski definition) is 1. The molecule has 0 bridgehead atoms. The highest BCUT2D eigenvalue weighted by atomic mass is 15.2. The van der Waals surface area contributed by atoms with E-state index in [0.29, 0.717) is 0 Å². The molecule has 0 N–H and O–H groups in total. The van der Waals surface area contributed by atoms with Crippen molar-refractivity contribution in [2.24, 2.45) is 0 Å². The van der Waals surface area contributed by atoms with Crippen LogP contribution in [0.4, 0.5) is 11.4 Å². The zero-order valence-corrected chi connectivity index (χ0v) is 34.8. The van der Waals surface area contributed by atoms with Gasteiger partial charge in [-0.25, -0.2) is 0 Å². The molecule has 7 aromatic carbocycles. The van der Waals surface area contributed by atoms with Gasteiger partial charge in [-0.15, -0.1) is 0 Å². The summed E-state index contributed by atoms with van der Waals surface area (Å²) in [6.45, 7) is 9.21. The van der Waals surface area contributed by atoms with E-state index in [1.54, 1.807) is 0 Å². The van der Waals surface area contributed by atoms with Gasteiger partial charge in [-0.1, -0.05) is 146 Å². The van der Waals surface area contributed by atoms with Crippen LogP contribution >= 0.6 is 0 Å². The Labute approximate surface area is 344 Å². The topological polar surface area (TPSA) is 6.25 Å². The first kappa shape index (κ1) is 37.3. The van der Waals surface area contributed by atoms with Gasteiger partial charge in [0.05, 0.1) is 5.41 Å². The van der Waals surface area contributed by atoms with Crippen molar-refractivity contribution in [2.75, 3.05) is 19.0 Å². The lowest BCUT2D eigenvalue weighted by molar-refractivity contribution is -0.401. The van der Waals surface area contributed by atoms with E-state index in [0.717, 1.165) is 19.3 Å². The third kappa shape index (κ3) is 6.23. The van der Waals surface area contributed by atoms with E-state index in [-0.39, 0.29) is 10.8 Å². The van der Waals surface area contributed by atoms with E-state index in [2.05, 4.69) is 227 Å². The molecule has 0 fully saturated rings. The summed E-state index contributed by atoms with van der Waals surface area (Å²) < 4.78 is 2.47. The second kappa shape index (κ2) is 14.9. The molecule has 0 saturated heterocycles. The highest BCUT2D eigenvalue weighted by Crippen LogP contribution is 2.52. The molecular formula is C56H53N2+. The van der Waals surface area contributed by atoms with E-state index in [9.17, 15) is 0 Å². The van der Waals surface area contributed by atoms with Crippen LogP contribution in [0, 0.1) is 20.8 Å². The minimum absolute atomic E-state index is 0.218. The average Bonchev–Trinajstić information content (AvgIpc) is 3.59. The SMILES string of the molecule is Cc1ccccc1CC1(Cc2ccccc2C)C(/C=C/C=C/C=C2/N(C)c3ccc4ccccc4c3C2(C)Cc2ccccc2C)=[N+](C)c2ccc3ccccc3c21. The highest BCUT2D eigenvalue weighted by molar-refractivity contribution is 6.08. The third-order valence-electron chi connectivity index (χ3n) is 13.4. The smallest absolute Gasteiger partial charge is 0.210 e. The zero-order valence-electron chi connectivity index (χ0n) is 34.8. The van der Waals surface area contributed by atoms with Gasteiger partial charge >= 0.3 is 0 Å². The molecule has 0 spiro atoms. The van der Waals surface area contributed by atoms with Crippen LogP contribution in [0.3, 0.4) is 0 Å². The first-order chi connectivity index (χ1) is 28.2. The van der Waals surface area contributed by atoms with Gasteiger partial charge in [0.2, 0.25) is 5.69 Å². The minimum Gasteiger partial charge on any atom is -0.347 e. The number of nitrogens with zero attached hydrogens (tertiary/aromatic N) is 2. The fraction of sp³-hybridized carbons (Fsp3) is 0.196. The Balaban J connectivity index is 1.16. The largest absolute Gasteiger partial charge is 0.347 e. The lowest BCUT2D eigenvalue weighted by atomic mass is 9.67. The molecule has 2 aliphatic rings. The lowest BCUT2D eigenvalue weighted by Crippen LogP contribution is -2.39. The van der Waals surface area contributed by atoms with Crippen LogP contribution < -0.4 is 4.90 Å². The first-order valence-corrected chi connectivity index (χ1v) is 20.8. The summed E-state index contributed by atoms with van der Waals surface area (Å²) in [7, 11) is 4.51. The normalized spacial score (nSPS) is 18.0. The van der Waals surface area contributed by atoms with E-state index >= 15 is 0 Å². The van der Waals surface area contributed by atoms with Crippen molar-refractivity contribution < 1.29 is 4.58 Å². The summed E-state index contributed by atoms with van der Waals surface area (Å²) in [4.78, 5) is 2.42. The molecule has 286 valence electrons. The lowest BCUT2D eigenvalue weighted by Gasteiger charge is -2.30. The Morgan fingerprint density at radius 1 is 0.534 bits per heavy atom. The fourth-order valence-corrected chi connectivity index (χ4v) is 10.3. The maximum absolute atomic E-state index is 2.47. The molecule has 2 heteroatoms. The number of hydrogen-bond donors (Lipinski definition) is 0. The molecule has 58 heavy (non-hydrogen) atoms. The van der Waals surface area contributed by atoms with Crippen LogP contribution in [0.15, 0.2) is 182 Å². The van der Waals surface area contributed by atoms with Crippen LogP contribution in [0.25, 0.3) is 21.5 Å². The van der Waals surface area contributed by atoms with Gasteiger partial charge in [-0.2, -0.15) is 4.58 Å². The summed E-state index contributed by atoms with van der Waals surface area (Å²) >= 11 is 0. The van der Waals surface area contributed by atoms with Crippen molar-refractivity contribution in [3.8, 4) is 0 Å². The second-order valence-electron chi connectivity index (χ2n) is 16.9. The van der Waals surface area contributed by atoms with Gasteiger partial charge in [0.25, 0.3) is 0 Å². The number of rotatable bonds is 9. The van der Waals surface area contributed by atoms with E-state index in [4.69, 9.17) is 0 Å². The van der Waals surface area contributed by atoms with E-state index in [1.165, 1.54) is 88.8 Å². The number of anilines is 1. The summed E-state index contributed by atoms with van der Waals surface area (Å²) in [5, 5.41) is 5.24. The van der Waals surface area contributed by atoms with Crippen molar-refractivity contribution in [3.63, 3.8) is 0 Å². The Kier molecular flexibility index (Phi) is 9.60. The molecule has 2 aliphatic heterocycles. The highest BCUT2D eigenvalue weighted by Gasteiger charge is 2.51. The number of likely N-dealkylation sites (N-methyl/N-ethyl adjacent to an activating group) is 1. The van der Waals surface area contributed by atoms with Crippen molar-refractivity contribution >= 4 is 38.6 Å². The quantitative estimate of drug-likeness (QED) is 0.105. The van der Waals surface area contributed by atoms with Gasteiger partial charge in [0.1, 0.15) is 7.05 Å². The summed E-state index contributed by atoms with van der Waals surface area (Å²) in [6, 6.07) is 53.8. The maximum atomic E-state index is 2.47. The van der Waals surface area contributed by atoms with Gasteiger partial charge < -0.3 is 4.90 Å². The van der Waals surface area contributed by atoms with Crippen LogP contribution in [0.2, 0.25) is 0 Å². The van der Waals surface area contributed by atoms with Crippen molar-refractivity contribution in [3.05, 3.63) is 226 Å². The molecule has 0 amide bonds. The molecule has 0 saturated carbocycles. The number of benzene rings is 7. The summed E-state index contributed by atoms with van der Waals surface area (Å²) in [6.07, 6.45) is 14.3. The summed E-state index contributed by atoms with van der Waals surface area (Å²) in [5.41, 5.74) is 15.7. The first-order valence-electron chi connectivity index (χ1n) is 20.8. The molecule has 0 radical (unpaired) electrons. The predicted molar refractivity (Wildman–Crippen MR) is 247 cm³/mol. The molecule has 2 nitrogen and oxygen atoms in total. The Morgan fingerprint density at radius 2 is 1.03 bits per heavy atom. The number of aryl methyl sites for hydroxylation is 3. The Morgan fingerprint density at radius 3 is 1.62 bits per heavy atom. The van der Waals surface area contributed by atoms with Gasteiger partial charge in [-0.3, -0.25) is 0 Å². The minimum atomic E-state index is -0.299. The Bertz CT molecular complexity index is 2800. The molecule has 0 aromatic heterocycles. The molecular weight excluding hydrogens is 701 g/mol. The average molecular weight is 754 g/mol. The molecule has 1 atom stereocenters. The van der Waals surface area contributed by atoms with Gasteiger partial charge in [0, 0.05) is 41.6 Å². The maximum Gasteiger partial charge on any atom is 0.210 e.